The Bertz CT molecular complexity index is 1550. The zero-order valence-electron chi connectivity index (χ0n) is 20.2. The number of fused-ring (bicyclic) bond motifs is 1. The fraction of sp³-hybridized carbons (Fsp3) is 0.0968. The molecule has 0 aliphatic rings. The molecule has 0 radical (unpaired) electrons. The number of hydrogen-bond acceptors (Lipinski definition) is 2. The molecule has 35 heavy (non-hydrogen) atoms. The van der Waals surface area contributed by atoms with Crippen molar-refractivity contribution in [3.05, 3.63) is 126 Å². The van der Waals surface area contributed by atoms with Crippen molar-refractivity contribution < 1.29 is 4.21 Å². The molecule has 5 aromatic carbocycles. The first-order chi connectivity index (χ1) is 16.9. The summed E-state index contributed by atoms with van der Waals surface area (Å²) in [6, 6.07) is 39.8. The van der Waals surface area contributed by atoms with Gasteiger partial charge >= 0.3 is 0 Å². The molecule has 0 fully saturated rings. The Morgan fingerprint density at radius 2 is 1.17 bits per heavy atom. The van der Waals surface area contributed by atoms with E-state index in [-0.39, 0.29) is 0 Å². The van der Waals surface area contributed by atoms with E-state index in [0.29, 0.717) is 0 Å². The number of rotatable bonds is 5. The Hall–Kier alpha value is -3.26. The lowest BCUT2D eigenvalue weighted by Crippen LogP contribution is -2.21. The maximum Gasteiger partial charge on any atom is 0.0818 e. The standard InChI is InChI=1S/C31H28NOPS/c1-23-15-19-26(20-16-23)34(27-21-17-24(2)18-22-27)30-14-8-10-25-9-7-13-29(31(25)30)32-35(3,33)28-11-5-4-6-12-28/h4-22H,1-3H3. The van der Waals surface area contributed by atoms with E-state index in [1.54, 1.807) is 6.26 Å². The van der Waals surface area contributed by atoms with Crippen molar-refractivity contribution in [2.45, 2.75) is 18.7 Å². The second-order valence-corrected chi connectivity index (χ2v) is 13.3. The van der Waals surface area contributed by atoms with Crippen LogP contribution in [0.4, 0.5) is 5.69 Å². The average molecular weight is 494 g/mol. The molecule has 0 amide bonds. The van der Waals surface area contributed by atoms with Crippen LogP contribution in [0.5, 0.6) is 0 Å². The molecule has 174 valence electrons. The van der Waals surface area contributed by atoms with E-state index in [9.17, 15) is 4.21 Å². The van der Waals surface area contributed by atoms with Crippen LogP contribution >= 0.6 is 7.92 Å². The van der Waals surface area contributed by atoms with Crippen molar-refractivity contribution in [1.29, 1.82) is 0 Å². The third kappa shape index (κ3) is 4.93. The highest BCUT2D eigenvalue weighted by Crippen LogP contribution is 2.39. The van der Waals surface area contributed by atoms with Crippen LogP contribution < -0.4 is 15.9 Å². The van der Waals surface area contributed by atoms with E-state index in [4.69, 9.17) is 4.36 Å². The highest BCUT2D eigenvalue weighted by atomic mass is 32.2. The van der Waals surface area contributed by atoms with Crippen LogP contribution in [0.2, 0.25) is 0 Å². The Morgan fingerprint density at radius 3 is 1.74 bits per heavy atom. The van der Waals surface area contributed by atoms with Crippen molar-refractivity contribution in [3.63, 3.8) is 0 Å². The molecule has 1 atom stereocenters. The maximum absolute atomic E-state index is 13.7. The number of hydrogen-bond donors (Lipinski definition) is 0. The van der Waals surface area contributed by atoms with Gasteiger partial charge in [0.2, 0.25) is 0 Å². The van der Waals surface area contributed by atoms with Gasteiger partial charge in [-0.3, -0.25) is 0 Å². The molecule has 5 rings (SSSR count). The fourth-order valence-corrected chi connectivity index (χ4v) is 8.04. The second kappa shape index (κ2) is 9.77. The molecule has 0 aromatic heterocycles. The Balaban J connectivity index is 1.79. The van der Waals surface area contributed by atoms with E-state index in [1.165, 1.54) is 27.0 Å². The lowest BCUT2D eigenvalue weighted by atomic mass is 10.1. The van der Waals surface area contributed by atoms with Crippen LogP contribution in [0.3, 0.4) is 0 Å². The van der Waals surface area contributed by atoms with Crippen molar-refractivity contribution >= 4 is 50.0 Å². The summed E-state index contributed by atoms with van der Waals surface area (Å²) in [7, 11) is -3.44. The third-order valence-electron chi connectivity index (χ3n) is 6.14. The number of benzene rings is 5. The van der Waals surface area contributed by atoms with Gasteiger partial charge in [0.15, 0.2) is 0 Å². The predicted molar refractivity (Wildman–Crippen MR) is 153 cm³/mol. The van der Waals surface area contributed by atoms with E-state index >= 15 is 0 Å². The van der Waals surface area contributed by atoms with Gasteiger partial charge in [-0.05, 0) is 61.3 Å². The molecule has 0 bridgehead atoms. The van der Waals surface area contributed by atoms with Gasteiger partial charge in [-0.2, -0.15) is 4.36 Å². The van der Waals surface area contributed by atoms with Crippen LogP contribution in [-0.4, -0.2) is 10.5 Å². The molecule has 5 aromatic rings. The Kier molecular flexibility index (Phi) is 6.56. The summed E-state index contributed by atoms with van der Waals surface area (Å²) < 4.78 is 18.6. The molecule has 0 saturated carbocycles. The minimum atomic E-state index is -2.61. The van der Waals surface area contributed by atoms with Gasteiger partial charge in [0, 0.05) is 16.5 Å². The minimum absolute atomic E-state index is 0.744. The van der Waals surface area contributed by atoms with Gasteiger partial charge in [-0.25, -0.2) is 4.21 Å². The van der Waals surface area contributed by atoms with Gasteiger partial charge in [-0.1, -0.05) is 108 Å². The fourth-order valence-electron chi connectivity index (χ4n) is 4.29. The molecule has 0 saturated heterocycles. The van der Waals surface area contributed by atoms with Gasteiger partial charge < -0.3 is 0 Å². The van der Waals surface area contributed by atoms with Crippen molar-refractivity contribution in [2.75, 3.05) is 6.26 Å². The zero-order chi connectivity index (χ0) is 24.4. The van der Waals surface area contributed by atoms with Crippen molar-refractivity contribution in [3.8, 4) is 0 Å². The molecule has 2 nitrogen and oxygen atoms in total. The predicted octanol–water partition coefficient (Wildman–Crippen LogP) is 7.00. The van der Waals surface area contributed by atoms with E-state index < -0.39 is 17.7 Å². The van der Waals surface area contributed by atoms with Gasteiger partial charge in [0.25, 0.3) is 0 Å². The lowest BCUT2D eigenvalue weighted by molar-refractivity contribution is 0.681. The van der Waals surface area contributed by atoms with Crippen LogP contribution in [0.25, 0.3) is 10.8 Å². The molecule has 4 heteroatoms. The summed E-state index contributed by atoms with van der Waals surface area (Å²) in [4.78, 5) is 0.744. The number of aryl methyl sites for hydroxylation is 2. The normalized spacial score (nSPS) is 13.0. The van der Waals surface area contributed by atoms with Crippen LogP contribution in [0, 0.1) is 13.8 Å². The summed E-state index contributed by atoms with van der Waals surface area (Å²) in [5.74, 6) is 0. The molecule has 0 heterocycles. The molecular weight excluding hydrogens is 465 g/mol. The smallest absolute Gasteiger partial charge is 0.0818 e. The summed E-state index contributed by atoms with van der Waals surface area (Å²) in [5.41, 5.74) is 3.27. The average Bonchev–Trinajstić information content (AvgIpc) is 2.87. The molecule has 1 unspecified atom stereocenters. The van der Waals surface area contributed by atoms with Gasteiger partial charge in [0.1, 0.15) is 0 Å². The summed E-state index contributed by atoms with van der Waals surface area (Å²) in [6.07, 6.45) is 1.73. The third-order valence-corrected chi connectivity index (χ3v) is 10.3. The SMILES string of the molecule is Cc1ccc(P(c2ccc(C)cc2)c2cccc3cccc(N=S(C)(=O)c4ccccc4)c23)cc1. The second-order valence-electron chi connectivity index (χ2n) is 8.87. The monoisotopic (exact) mass is 493 g/mol. The highest BCUT2D eigenvalue weighted by Gasteiger charge is 2.21. The van der Waals surface area contributed by atoms with Crippen LogP contribution in [-0.2, 0) is 9.73 Å². The number of nitrogens with zero attached hydrogens (tertiary/aromatic N) is 1. The molecule has 0 spiro atoms. The molecule has 0 aliphatic heterocycles. The first kappa shape index (κ1) is 23.5. The van der Waals surface area contributed by atoms with Gasteiger partial charge in [-0.15, -0.1) is 0 Å². The first-order valence-electron chi connectivity index (χ1n) is 11.6. The zero-order valence-corrected chi connectivity index (χ0v) is 21.9. The Labute approximate surface area is 209 Å². The maximum atomic E-state index is 13.7. The topological polar surface area (TPSA) is 29.4 Å². The molecule has 0 N–H and O–H groups in total. The van der Waals surface area contributed by atoms with Crippen molar-refractivity contribution in [2.24, 2.45) is 4.36 Å². The van der Waals surface area contributed by atoms with E-state index in [2.05, 4.69) is 86.6 Å². The lowest BCUT2D eigenvalue weighted by Gasteiger charge is -2.22. The molecule has 0 aliphatic carbocycles. The quantitative estimate of drug-likeness (QED) is 0.242. The molecular formula is C31H28NOPS. The summed E-state index contributed by atoms with van der Waals surface area (Å²) in [5, 5.41) is 5.99. The van der Waals surface area contributed by atoms with Gasteiger partial charge in [0.05, 0.1) is 15.4 Å². The summed E-state index contributed by atoms with van der Waals surface area (Å²) >= 11 is 0. The summed E-state index contributed by atoms with van der Waals surface area (Å²) in [6.45, 7) is 4.24. The Morgan fingerprint density at radius 1 is 0.629 bits per heavy atom. The highest BCUT2D eigenvalue weighted by molar-refractivity contribution is 7.93. The van der Waals surface area contributed by atoms with E-state index in [0.717, 1.165) is 21.4 Å². The van der Waals surface area contributed by atoms with Crippen LogP contribution in [0.15, 0.2) is 125 Å². The largest absolute Gasteiger partial charge is 0.245 e. The van der Waals surface area contributed by atoms with E-state index in [1.807, 2.05) is 42.5 Å². The minimum Gasteiger partial charge on any atom is -0.245 e. The first-order valence-corrected chi connectivity index (χ1v) is 14.9. The van der Waals surface area contributed by atoms with Crippen molar-refractivity contribution in [1.82, 2.24) is 0 Å². The van der Waals surface area contributed by atoms with Crippen LogP contribution in [0.1, 0.15) is 11.1 Å².